The minimum Gasteiger partial charge on any atom is -0.497 e. The van der Waals surface area contributed by atoms with E-state index in [2.05, 4.69) is 10.3 Å². The maximum Gasteiger partial charge on any atom is 0.266 e. The van der Waals surface area contributed by atoms with E-state index in [4.69, 9.17) is 17.0 Å². The van der Waals surface area contributed by atoms with E-state index in [9.17, 15) is 14.4 Å². The first-order valence-corrected chi connectivity index (χ1v) is 14.9. The number of aryl methyl sites for hydroxylation is 1. The second-order valence-electron chi connectivity index (χ2n) is 9.17. The number of carbonyl (C=O) groups excluding carboxylic acids is 3. The van der Waals surface area contributed by atoms with Gasteiger partial charge in [0.2, 0.25) is 11.8 Å². The number of aromatic nitrogens is 2. The number of carbonyl (C=O) groups is 3. The lowest BCUT2D eigenvalue weighted by molar-refractivity contribution is -0.122. The first kappa shape index (κ1) is 28.6. The van der Waals surface area contributed by atoms with Crippen LogP contribution in [-0.2, 0) is 9.59 Å². The van der Waals surface area contributed by atoms with E-state index in [0.717, 1.165) is 16.9 Å². The van der Waals surface area contributed by atoms with Crippen molar-refractivity contribution in [2.45, 2.75) is 18.5 Å². The molecule has 2 heterocycles. The number of fused-ring (bicyclic) bond motifs is 1. The van der Waals surface area contributed by atoms with Crippen molar-refractivity contribution in [3.63, 3.8) is 0 Å². The quantitative estimate of drug-likeness (QED) is 0.141. The van der Waals surface area contributed by atoms with Crippen molar-refractivity contribution < 1.29 is 19.1 Å². The van der Waals surface area contributed by atoms with Crippen molar-refractivity contribution in [2.75, 3.05) is 24.7 Å². The van der Waals surface area contributed by atoms with Crippen molar-refractivity contribution in [3.05, 3.63) is 88.8 Å². The van der Waals surface area contributed by atoms with Crippen LogP contribution in [0.3, 0.4) is 0 Å². The molecule has 208 valence electrons. The number of benzene rings is 3. The molecule has 4 aromatic rings. The molecule has 5 rings (SSSR count). The third-order valence-corrected chi connectivity index (χ3v) is 8.60. The zero-order chi connectivity index (χ0) is 28.9. The number of anilines is 1. The molecule has 0 unspecified atom stereocenters. The van der Waals surface area contributed by atoms with Gasteiger partial charge in [-0.3, -0.25) is 23.9 Å². The number of thiocarbonyl (C=S) groups is 1. The van der Waals surface area contributed by atoms with Crippen LogP contribution in [0.1, 0.15) is 22.3 Å². The monoisotopic (exact) mass is 602 g/mol. The number of rotatable bonds is 9. The van der Waals surface area contributed by atoms with Crippen molar-refractivity contribution in [1.82, 2.24) is 14.5 Å². The van der Waals surface area contributed by atoms with E-state index >= 15 is 0 Å². The molecule has 1 N–H and O–H groups in total. The fourth-order valence-electron chi connectivity index (χ4n) is 4.17. The molecular weight excluding hydrogens is 577 g/mol. The SMILES string of the molecule is COc1ccc(/C=C2\SC(=S)N(CCC(=O)n3c(SCC(=O)Nc4ccc(C)cc4)nc4ccccc43)C2=O)cc1. The molecule has 2 amide bonds. The number of thioether (sulfide) groups is 2. The highest BCUT2D eigenvalue weighted by molar-refractivity contribution is 8.26. The summed E-state index contributed by atoms with van der Waals surface area (Å²) in [6.07, 6.45) is 1.81. The fourth-order valence-corrected chi connectivity index (χ4v) is 6.30. The van der Waals surface area contributed by atoms with Gasteiger partial charge in [-0.05, 0) is 55.0 Å². The summed E-state index contributed by atoms with van der Waals surface area (Å²) < 4.78 is 7.11. The molecule has 0 bridgehead atoms. The van der Waals surface area contributed by atoms with Gasteiger partial charge in [0.05, 0.1) is 28.8 Å². The van der Waals surface area contributed by atoms with Gasteiger partial charge in [0.1, 0.15) is 10.1 Å². The molecule has 0 radical (unpaired) electrons. The van der Waals surface area contributed by atoms with Crippen LogP contribution in [0.15, 0.2) is 82.9 Å². The summed E-state index contributed by atoms with van der Waals surface area (Å²) in [7, 11) is 1.60. The number of para-hydroxylation sites is 2. The van der Waals surface area contributed by atoms with Gasteiger partial charge in [0.15, 0.2) is 5.16 Å². The lowest BCUT2D eigenvalue weighted by Gasteiger charge is -2.15. The molecule has 1 aliphatic heterocycles. The summed E-state index contributed by atoms with van der Waals surface area (Å²) in [4.78, 5) is 45.8. The fraction of sp³-hybridized carbons (Fsp3) is 0.167. The van der Waals surface area contributed by atoms with E-state index in [1.807, 2.05) is 79.7 Å². The molecule has 3 aromatic carbocycles. The number of nitrogens with one attached hydrogen (secondary N) is 1. The summed E-state index contributed by atoms with van der Waals surface area (Å²) >= 11 is 7.86. The van der Waals surface area contributed by atoms with Crippen molar-refractivity contribution >= 4 is 80.6 Å². The Morgan fingerprint density at radius 1 is 1.07 bits per heavy atom. The van der Waals surface area contributed by atoms with Crippen LogP contribution in [0, 0.1) is 6.92 Å². The summed E-state index contributed by atoms with van der Waals surface area (Å²) in [5.41, 5.74) is 3.94. The molecule has 11 heteroatoms. The molecule has 8 nitrogen and oxygen atoms in total. The highest BCUT2D eigenvalue weighted by Gasteiger charge is 2.32. The third kappa shape index (κ3) is 6.70. The Kier molecular flexibility index (Phi) is 8.87. The van der Waals surface area contributed by atoms with Crippen LogP contribution >= 0.6 is 35.7 Å². The lowest BCUT2D eigenvalue weighted by Crippen LogP contribution is -2.31. The Morgan fingerprint density at radius 2 is 1.80 bits per heavy atom. The Hall–Kier alpha value is -3.93. The standard InChI is InChI=1S/C30H26N4O4S3/c1-19-7-11-21(12-8-19)31-26(35)18-40-29-32-23-5-3-4-6-24(23)34(29)27(36)15-16-33-28(37)25(41-30(33)39)17-20-9-13-22(38-2)14-10-20/h3-14,17H,15-16,18H2,1-2H3,(H,31,35)/b25-17-. The first-order valence-electron chi connectivity index (χ1n) is 12.7. The average Bonchev–Trinajstić information content (AvgIpc) is 3.48. The normalized spacial score (nSPS) is 14.2. The summed E-state index contributed by atoms with van der Waals surface area (Å²) in [6.45, 7) is 2.11. The summed E-state index contributed by atoms with van der Waals surface area (Å²) in [5, 5.41) is 3.28. The van der Waals surface area contributed by atoms with Gasteiger partial charge in [-0.2, -0.15) is 0 Å². The Balaban J connectivity index is 1.27. The van der Waals surface area contributed by atoms with Crippen LogP contribution in [0.4, 0.5) is 5.69 Å². The number of hydrogen-bond acceptors (Lipinski definition) is 8. The molecule has 0 atom stereocenters. The smallest absolute Gasteiger partial charge is 0.266 e. The predicted molar refractivity (Wildman–Crippen MR) is 168 cm³/mol. The number of nitrogens with zero attached hydrogens (tertiary/aromatic N) is 3. The second kappa shape index (κ2) is 12.7. The Morgan fingerprint density at radius 3 is 2.54 bits per heavy atom. The molecule has 0 spiro atoms. The van der Waals surface area contributed by atoms with E-state index in [-0.39, 0.29) is 36.4 Å². The van der Waals surface area contributed by atoms with Crippen LogP contribution in [0.25, 0.3) is 17.1 Å². The average molecular weight is 603 g/mol. The van der Waals surface area contributed by atoms with Crippen molar-refractivity contribution in [3.8, 4) is 5.75 Å². The second-order valence-corrected chi connectivity index (χ2v) is 11.8. The van der Waals surface area contributed by atoms with Crippen molar-refractivity contribution in [2.24, 2.45) is 0 Å². The Bertz CT molecular complexity index is 1660. The van der Waals surface area contributed by atoms with Gasteiger partial charge < -0.3 is 10.1 Å². The van der Waals surface area contributed by atoms with Crippen LogP contribution in [0.5, 0.6) is 5.75 Å². The Labute approximate surface area is 251 Å². The minimum atomic E-state index is -0.242. The molecule has 0 aliphatic carbocycles. The van der Waals surface area contributed by atoms with Gasteiger partial charge in [-0.1, -0.05) is 77.7 Å². The zero-order valence-electron chi connectivity index (χ0n) is 22.3. The molecule has 1 fully saturated rings. The molecular formula is C30H26N4O4S3. The van der Waals surface area contributed by atoms with Gasteiger partial charge in [0.25, 0.3) is 5.91 Å². The molecule has 0 saturated carbocycles. The number of hydrogen-bond donors (Lipinski definition) is 1. The zero-order valence-corrected chi connectivity index (χ0v) is 24.8. The van der Waals surface area contributed by atoms with E-state index < -0.39 is 0 Å². The maximum absolute atomic E-state index is 13.5. The van der Waals surface area contributed by atoms with E-state index in [1.54, 1.807) is 13.2 Å². The third-order valence-electron chi connectivity index (χ3n) is 6.28. The summed E-state index contributed by atoms with van der Waals surface area (Å²) in [5.74, 6) is 0.126. The lowest BCUT2D eigenvalue weighted by atomic mass is 10.2. The predicted octanol–water partition coefficient (Wildman–Crippen LogP) is 6.02. The maximum atomic E-state index is 13.5. The van der Waals surface area contributed by atoms with Crippen LogP contribution < -0.4 is 10.1 Å². The first-order chi connectivity index (χ1) is 19.8. The van der Waals surface area contributed by atoms with Gasteiger partial charge in [0, 0.05) is 18.7 Å². The van der Waals surface area contributed by atoms with Gasteiger partial charge >= 0.3 is 0 Å². The highest BCUT2D eigenvalue weighted by Crippen LogP contribution is 2.33. The number of imidazole rings is 1. The minimum absolute atomic E-state index is 0.0335. The molecule has 1 aromatic heterocycles. The number of methoxy groups -OCH3 is 1. The largest absolute Gasteiger partial charge is 0.497 e. The number of amides is 2. The topological polar surface area (TPSA) is 93.5 Å². The van der Waals surface area contributed by atoms with Crippen LogP contribution in [0.2, 0.25) is 0 Å². The van der Waals surface area contributed by atoms with E-state index in [1.165, 1.54) is 33.0 Å². The van der Waals surface area contributed by atoms with Gasteiger partial charge in [-0.25, -0.2) is 4.98 Å². The summed E-state index contributed by atoms with van der Waals surface area (Å²) in [6, 6.07) is 22.2. The highest BCUT2D eigenvalue weighted by atomic mass is 32.2. The van der Waals surface area contributed by atoms with Crippen molar-refractivity contribution in [1.29, 1.82) is 0 Å². The van der Waals surface area contributed by atoms with E-state index in [0.29, 0.717) is 31.1 Å². The van der Waals surface area contributed by atoms with Crippen LogP contribution in [-0.4, -0.2) is 55.9 Å². The molecule has 1 aliphatic rings. The molecule has 1 saturated heterocycles. The molecule has 41 heavy (non-hydrogen) atoms. The number of ether oxygens (including phenoxy) is 1. The van der Waals surface area contributed by atoms with Gasteiger partial charge in [-0.15, -0.1) is 0 Å².